The fourth-order valence-corrected chi connectivity index (χ4v) is 1.51. The van der Waals surface area contributed by atoms with Gasteiger partial charge < -0.3 is 9.88 Å². The predicted molar refractivity (Wildman–Crippen MR) is 64.0 cm³/mol. The molecular formula is C11H17N3O3. The summed E-state index contributed by atoms with van der Waals surface area (Å²) in [6.45, 7) is 2.28. The highest BCUT2D eigenvalue weighted by molar-refractivity contribution is 5.75. The second-order valence-electron chi connectivity index (χ2n) is 3.74. The van der Waals surface area contributed by atoms with Crippen molar-refractivity contribution in [2.24, 2.45) is 0 Å². The van der Waals surface area contributed by atoms with Gasteiger partial charge in [-0.3, -0.25) is 14.6 Å². The quantitative estimate of drug-likeness (QED) is 0.735. The molecular weight excluding hydrogens is 222 g/mol. The van der Waals surface area contributed by atoms with Crippen LogP contribution >= 0.6 is 0 Å². The summed E-state index contributed by atoms with van der Waals surface area (Å²) in [6, 6.07) is 0. The SMILES string of the molecule is CCc1cn(CCCC(=O)NC)c(=O)[nH]c1=O. The van der Waals surface area contributed by atoms with Gasteiger partial charge in [-0.25, -0.2) is 4.79 Å². The van der Waals surface area contributed by atoms with Crippen molar-refractivity contribution in [2.75, 3.05) is 7.05 Å². The van der Waals surface area contributed by atoms with Gasteiger partial charge in [0.25, 0.3) is 5.56 Å². The molecule has 0 saturated heterocycles. The first-order valence-electron chi connectivity index (χ1n) is 5.61. The summed E-state index contributed by atoms with van der Waals surface area (Å²) in [6.07, 6.45) is 3.06. The fraction of sp³-hybridized carbons (Fsp3) is 0.545. The van der Waals surface area contributed by atoms with Crippen LogP contribution in [0.25, 0.3) is 0 Å². The number of hydrogen-bond donors (Lipinski definition) is 2. The van der Waals surface area contributed by atoms with Gasteiger partial charge in [-0.2, -0.15) is 0 Å². The average Bonchev–Trinajstić information content (AvgIpc) is 2.31. The molecule has 6 nitrogen and oxygen atoms in total. The molecule has 0 aliphatic carbocycles. The zero-order chi connectivity index (χ0) is 12.8. The van der Waals surface area contributed by atoms with E-state index in [1.807, 2.05) is 6.92 Å². The molecule has 0 fully saturated rings. The third kappa shape index (κ3) is 3.58. The van der Waals surface area contributed by atoms with E-state index in [-0.39, 0.29) is 11.5 Å². The molecule has 0 spiro atoms. The van der Waals surface area contributed by atoms with Crippen LogP contribution < -0.4 is 16.6 Å². The number of amides is 1. The second kappa shape index (κ2) is 6.03. The van der Waals surface area contributed by atoms with Gasteiger partial charge >= 0.3 is 5.69 Å². The zero-order valence-electron chi connectivity index (χ0n) is 10.1. The Hall–Kier alpha value is -1.85. The summed E-state index contributed by atoms with van der Waals surface area (Å²) in [5.41, 5.74) is -0.186. The topological polar surface area (TPSA) is 84.0 Å². The Morgan fingerprint density at radius 1 is 1.47 bits per heavy atom. The molecule has 0 aliphatic heterocycles. The van der Waals surface area contributed by atoms with Crippen LogP contribution in [0.4, 0.5) is 0 Å². The van der Waals surface area contributed by atoms with Crippen LogP contribution in [0, 0.1) is 0 Å². The van der Waals surface area contributed by atoms with Crippen molar-refractivity contribution in [2.45, 2.75) is 32.7 Å². The third-order valence-corrected chi connectivity index (χ3v) is 2.55. The van der Waals surface area contributed by atoms with Crippen LogP contribution in [0.3, 0.4) is 0 Å². The molecule has 1 aromatic rings. The van der Waals surface area contributed by atoms with Crippen molar-refractivity contribution in [3.8, 4) is 0 Å². The minimum atomic E-state index is -0.427. The molecule has 0 aliphatic rings. The first kappa shape index (κ1) is 13.2. The van der Waals surface area contributed by atoms with E-state index in [1.54, 1.807) is 13.2 Å². The lowest BCUT2D eigenvalue weighted by Crippen LogP contribution is -2.32. The van der Waals surface area contributed by atoms with Crippen molar-refractivity contribution in [1.82, 2.24) is 14.9 Å². The predicted octanol–water partition coefficient (Wildman–Crippen LogP) is -0.375. The lowest BCUT2D eigenvalue weighted by Gasteiger charge is -2.06. The van der Waals surface area contributed by atoms with Crippen molar-refractivity contribution in [3.05, 3.63) is 32.6 Å². The molecule has 6 heteroatoms. The smallest absolute Gasteiger partial charge is 0.328 e. The average molecular weight is 239 g/mol. The number of aromatic nitrogens is 2. The number of hydrogen-bond acceptors (Lipinski definition) is 3. The molecule has 0 saturated carbocycles. The molecule has 2 N–H and O–H groups in total. The number of carbonyl (C=O) groups is 1. The van der Waals surface area contributed by atoms with Crippen LogP contribution in [0.1, 0.15) is 25.3 Å². The maximum Gasteiger partial charge on any atom is 0.328 e. The molecule has 0 bridgehead atoms. The minimum Gasteiger partial charge on any atom is -0.359 e. The summed E-state index contributed by atoms with van der Waals surface area (Å²) in [7, 11) is 1.57. The van der Waals surface area contributed by atoms with E-state index in [0.29, 0.717) is 31.4 Å². The maximum absolute atomic E-state index is 11.5. The monoisotopic (exact) mass is 239 g/mol. The molecule has 0 atom stereocenters. The lowest BCUT2D eigenvalue weighted by molar-refractivity contribution is -0.120. The standard InChI is InChI=1S/C11H17N3O3/c1-3-8-7-14(11(17)13-10(8)16)6-4-5-9(15)12-2/h7H,3-6H2,1-2H3,(H,12,15)(H,13,16,17). The fourth-order valence-electron chi connectivity index (χ4n) is 1.51. The molecule has 1 amide bonds. The zero-order valence-corrected chi connectivity index (χ0v) is 10.1. The summed E-state index contributed by atoms with van der Waals surface area (Å²) >= 11 is 0. The Labute approximate surface area is 98.7 Å². The third-order valence-electron chi connectivity index (χ3n) is 2.55. The summed E-state index contributed by atoms with van der Waals surface area (Å²) < 4.78 is 1.43. The minimum absolute atomic E-state index is 0.0572. The molecule has 1 heterocycles. The van der Waals surface area contributed by atoms with Gasteiger partial charge in [0.2, 0.25) is 5.91 Å². The summed E-state index contributed by atoms with van der Waals surface area (Å²) in [5, 5.41) is 2.51. The van der Waals surface area contributed by atoms with E-state index in [4.69, 9.17) is 0 Å². The number of aryl methyl sites for hydroxylation is 2. The van der Waals surface area contributed by atoms with Crippen LogP contribution in [-0.2, 0) is 17.8 Å². The van der Waals surface area contributed by atoms with Crippen LogP contribution in [0.2, 0.25) is 0 Å². The van der Waals surface area contributed by atoms with E-state index < -0.39 is 5.69 Å². The number of H-pyrrole nitrogens is 1. The summed E-state index contributed by atoms with van der Waals surface area (Å²) in [4.78, 5) is 36.0. The van der Waals surface area contributed by atoms with Gasteiger partial charge in [0.05, 0.1) is 0 Å². The molecule has 1 rings (SSSR count). The Kier molecular flexibility index (Phi) is 4.68. The first-order chi connectivity index (χ1) is 8.08. The number of aromatic amines is 1. The number of nitrogens with one attached hydrogen (secondary N) is 2. The highest BCUT2D eigenvalue weighted by Gasteiger charge is 2.04. The van der Waals surface area contributed by atoms with Gasteiger partial charge in [-0.05, 0) is 12.8 Å². The van der Waals surface area contributed by atoms with E-state index in [0.717, 1.165) is 0 Å². The number of rotatable bonds is 5. The number of carbonyl (C=O) groups excluding carboxylic acids is 1. The normalized spacial score (nSPS) is 10.2. The van der Waals surface area contributed by atoms with Gasteiger partial charge in [0.1, 0.15) is 0 Å². The van der Waals surface area contributed by atoms with Crippen LogP contribution in [0.5, 0.6) is 0 Å². The van der Waals surface area contributed by atoms with Gasteiger partial charge in [-0.15, -0.1) is 0 Å². The molecule has 0 aromatic carbocycles. The van der Waals surface area contributed by atoms with Crippen molar-refractivity contribution in [1.29, 1.82) is 0 Å². The lowest BCUT2D eigenvalue weighted by atomic mass is 10.2. The van der Waals surface area contributed by atoms with Gasteiger partial charge in [0.15, 0.2) is 0 Å². The van der Waals surface area contributed by atoms with Crippen molar-refractivity contribution < 1.29 is 4.79 Å². The molecule has 0 radical (unpaired) electrons. The highest BCUT2D eigenvalue weighted by Crippen LogP contribution is 1.94. The molecule has 0 unspecified atom stereocenters. The van der Waals surface area contributed by atoms with Crippen LogP contribution in [-0.4, -0.2) is 22.5 Å². The van der Waals surface area contributed by atoms with E-state index >= 15 is 0 Å². The van der Waals surface area contributed by atoms with Gasteiger partial charge in [0, 0.05) is 31.8 Å². The van der Waals surface area contributed by atoms with Crippen LogP contribution in [0.15, 0.2) is 15.8 Å². The van der Waals surface area contributed by atoms with E-state index in [2.05, 4.69) is 10.3 Å². The molecule has 94 valence electrons. The Balaban J connectivity index is 2.74. The van der Waals surface area contributed by atoms with Crippen molar-refractivity contribution in [3.63, 3.8) is 0 Å². The second-order valence-corrected chi connectivity index (χ2v) is 3.74. The largest absolute Gasteiger partial charge is 0.359 e. The first-order valence-corrected chi connectivity index (χ1v) is 5.61. The highest BCUT2D eigenvalue weighted by atomic mass is 16.2. The Morgan fingerprint density at radius 2 is 2.18 bits per heavy atom. The Morgan fingerprint density at radius 3 is 2.76 bits per heavy atom. The maximum atomic E-state index is 11.5. The van der Waals surface area contributed by atoms with Crippen molar-refractivity contribution >= 4 is 5.91 Å². The molecule has 1 aromatic heterocycles. The van der Waals surface area contributed by atoms with E-state index in [9.17, 15) is 14.4 Å². The number of nitrogens with zero attached hydrogens (tertiary/aromatic N) is 1. The van der Waals surface area contributed by atoms with Gasteiger partial charge in [-0.1, -0.05) is 6.92 Å². The molecule has 17 heavy (non-hydrogen) atoms. The van der Waals surface area contributed by atoms with E-state index in [1.165, 1.54) is 4.57 Å². The Bertz CT molecular complexity index is 501. The summed E-state index contributed by atoms with van der Waals surface area (Å²) in [5.74, 6) is -0.0572.